The second-order valence-corrected chi connectivity index (χ2v) is 4.96. The molecule has 0 spiro atoms. The lowest BCUT2D eigenvalue weighted by molar-refractivity contribution is -0.130. The molecule has 1 aliphatic heterocycles. The summed E-state index contributed by atoms with van der Waals surface area (Å²) in [4.78, 5) is 18.2. The van der Waals surface area contributed by atoms with Crippen LogP contribution in [0.1, 0.15) is 6.42 Å². The average Bonchev–Trinajstić information content (AvgIpc) is 2.34. The molecule has 1 rings (SSSR count). The first-order valence-corrected chi connectivity index (χ1v) is 6.41. The molecule has 1 fully saturated rings. The normalized spacial score (nSPS) is 17.4. The van der Waals surface area contributed by atoms with Gasteiger partial charge in [0, 0.05) is 59.3 Å². The van der Waals surface area contributed by atoms with Gasteiger partial charge in [0.05, 0.1) is 0 Å². The van der Waals surface area contributed by atoms with Crippen LogP contribution in [0.15, 0.2) is 0 Å². The van der Waals surface area contributed by atoms with E-state index in [-0.39, 0.29) is 5.91 Å². The summed E-state index contributed by atoms with van der Waals surface area (Å²) in [6.07, 6.45) is 0.643. The fourth-order valence-corrected chi connectivity index (χ4v) is 1.85. The van der Waals surface area contributed by atoms with Crippen molar-refractivity contribution in [2.24, 2.45) is 0 Å². The summed E-state index contributed by atoms with van der Waals surface area (Å²) in [5.74, 6) is 0.255. The molecule has 0 bridgehead atoms. The minimum atomic E-state index is 0.255. The largest absolute Gasteiger partial charge is 0.344 e. The Hall–Kier alpha value is -0.650. The Balaban J connectivity index is 2.14. The van der Waals surface area contributed by atoms with Crippen LogP contribution in [0.25, 0.3) is 0 Å². The molecule has 0 aromatic carbocycles. The van der Waals surface area contributed by atoms with Gasteiger partial charge in [0.1, 0.15) is 0 Å². The lowest BCUT2D eigenvalue weighted by Crippen LogP contribution is -2.45. The second kappa shape index (κ2) is 7.63. The first-order valence-electron chi connectivity index (χ1n) is 6.41. The van der Waals surface area contributed by atoms with E-state index in [9.17, 15) is 4.79 Å². The van der Waals surface area contributed by atoms with Gasteiger partial charge in [-0.25, -0.2) is 0 Å². The zero-order valence-corrected chi connectivity index (χ0v) is 11.4. The van der Waals surface area contributed by atoms with Crippen LogP contribution in [0.4, 0.5) is 0 Å². The molecular formula is C12H26N4O. The van der Waals surface area contributed by atoms with Crippen LogP contribution in [-0.2, 0) is 4.79 Å². The maximum Gasteiger partial charge on any atom is 0.223 e. The van der Waals surface area contributed by atoms with Gasteiger partial charge >= 0.3 is 0 Å². The predicted molar refractivity (Wildman–Crippen MR) is 70.1 cm³/mol. The van der Waals surface area contributed by atoms with E-state index in [1.807, 2.05) is 26.0 Å². The van der Waals surface area contributed by atoms with Gasteiger partial charge in [-0.05, 0) is 14.1 Å². The van der Waals surface area contributed by atoms with Crippen molar-refractivity contribution in [2.45, 2.75) is 6.42 Å². The van der Waals surface area contributed by atoms with Gasteiger partial charge in [-0.1, -0.05) is 0 Å². The Morgan fingerprint density at radius 3 is 2.41 bits per heavy atom. The van der Waals surface area contributed by atoms with Crippen molar-refractivity contribution in [3.05, 3.63) is 0 Å². The highest BCUT2D eigenvalue weighted by molar-refractivity contribution is 5.76. The fraction of sp³-hybridized carbons (Fsp3) is 0.917. The van der Waals surface area contributed by atoms with Gasteiger partial charge < -0.3 is 20.0 Å². The first kappa shape index (κ1) is 14.4. The molecule has 0 saturated carbocycles. The summed E-state index contributed by atoms with van der Waals surface area (Å²) in [5, 5.41) is 3.32. The maximum atomic E-state index is 11.9. The van der Waals surface area contributed by atoms with Gasteiger partial charge in [0.25, 0.3) is 0 Å². The third kappa shape index (κ3) is 6.00. The van der Waals surface area contributed by atoms with Crippen LogP contribution in [0.5, 0.6) is 0 Å². The van der Waals surface area contributed by atoms with E-state index in [4.69, 9.17) is 0 Å². The minimum absolute atomic E-state index is 0.255. The number of hydrogen-bond donors (Lipinski definition) is 1. The van der Waals surface area contributed by atoms with Crippen molar-refractivity contribution in [1.82, 2.24) is 20.0 Å². The molecule has 0 aromatic rings. The zero-order valence-electron chi connectivity index (χ0n) is 11.4. The second-order valence-electron chi connectivity index (χ2n) is 4.96. The van der Waals surface area contributed by atoms with Crippen molar-refractivity contribution >= 4 is 5.91 Å². The molecular weight excluding hydrogens is 216 g/mol. The number of amides is 1. The van der Waals surface area contributed by atoms with E-state index in [0.29, 0.717) is 6.42 Å². The highest BCUT2D eigenvalue weighted by atomic mass is 16.2. The third-order valence-corrected chi connectivity index (χ3v) is 3.16. The SMILES string of the molecule is CN(C)CCN(C)C(=O)CCN1CCNCC1. The lowest BCUT2D eigenvalue weighted by Gasteiger charge is -2.27. The predicted octanol–water partition coefficient (Wildman–Crippen LogP) is -0.698. The quantitative estimate of drug-likeness (QED) is 0.669. The Morgan fingerprint density at radius 1 is 1.18 bits per heavy atom. The van der Waals surface area contributed by atoms with Gasteiger partial charge in [-0.15, -0.1) is 0 Å². The van der Waals surface area contributed by atoms with E-state index >= 15 is 0 Å². The highest BCUT2D eigenvalue weighted by Gasteiger charge is 2.13. The number of hydrogen-bond acceptors (Lipinski definition) is 4. The number of nitrogens with zero attached hydrogens (tertiary/aromatic N) is 3. The summed E-state index contributed by atoms with van der Waals surface area (Å²) >= 11 is 0. The molecule has 5 nitrogen and oxygen atoms in total. The number of carbonyl (C=O) groups is 1. The number of piperazine rings is 1. The lowest BCUT2D eigenvalue weighted by atomic mass is 10.3. The average molecular weight is 242 g/mol. The van der Waals surface area contributed by atoms with Crippen LogP contribution in [0, 0.1) is 0 Å². The van der Waals surface area contributed by atoms with E-state index in [1.54, 1.807) is 0 Å². The van der Waals surface area contributed by atoms with Gasteiger partial charge in [0.2, 0.25) is 5.91 Å². The molecule has 0 aromatic heterocycles. The molecule has 1 heterocycles. The summed E-state index contributed by atoms with van der Waals surface area (Å²) in [6.45, 7) is 6.86. The summed E-state index contributed by atoms with van der Waals surface area (Å²) in [5.41, 5.74) is 0. The number of likely N-dealkylation sites (N-methyl/N-ethyl adjacent to an activating group) is 2. The smallest absolute Gasteiger partial charge is 0.223 e. The van der Waals surface area contributed by atoms with Gasteiger partial charge in [-0.2, -0.15) is 0 Å². The van der Waals surface area contributed by atoms with Gasteiger partial charge in [0.15, 0.2) is 0 Å². The Bertz CT molecular complexity index is 227. The molecule has 100 valence electrons. The minimum Gasteiger partial charge on any atom is -0.344 e. The standard InChI is InChI=1S/C12H26N4O/c1-14(2)10-11-15(3)12(17)4-7-16-8-5-13-6-9-16/h13H,4-11H2,1-3H3. The Labute approximate surface area is 105 Å². The number of rotatable bonds is 6. The fourth-order valence-electron chi connectivity index (χ4n) is 1.85. The van der Waals surface area contributed by atoms with Crippen molar-refractivity contribution in [2.75, 3.05) is 67.0 Å². The molecule has 17 heavy (non-hydrogen) atoms. The van der Waals surface area contributed by atoms with Gasteiger partial charge in [-0.3, -0.25) is 4.79 Å². The summed E-state index contributed by atoms with van der Waals surface area (Å²) < 4.78 is 0. The number of carbonyl (C=O) groups excluding carboxylic acids is 1. The van der Waals surface area contributed by atoms with Crippen LogP contribution in [0.2, 0.25) is 0 Å². The van der Waals surface area contributed by atoms with Crippen molar-refractivity contribution in [1.29, 1.82) is 0 Å². The van der Waals surface area contributed by atoms with E-state index in [1.165, 1.54) is 0 Å². The highest BCUT2D eigenvalue weighted by Crippen LogP contribution is 1.97. The Kier molecular flexibility index (Phi) is 6.47. The molecule has 5 heteroatoms. The van der Waals surface area contributed by atoms with Crippen LogP contribution in [0.3, 0.4) is 0 Å². The van der Waals surface area contributed by atoms with Crippen molar-refractivity contribution < 1.29 is 4.79 Å². The molecule has 0 aliphatic carbocycles. The maximum absolute atomic E-state index is 11.9. The van der Waals surface area contributed by atoms with Crippen molar-refractivity contribution in [3.63, 3.8) is 0 Å². The molecule has 1 amide bonds. The molecule has 1 aliphatic rings. The van der Waals surface area contributed by atoms with Crippen LogP contribution >= 0.6 is 0 Å². The Morgan fingerprint density at radius 2 is 1.82 bits per heavy atom. The number of nitrogens with one attached hydrogen (secondary N) is 1. The third-order valence-electron chi connectivity index (χ3n) is 3.16. The monoisotopic (exact) mass is 242 g/mol. The summed E-state index contributed by atoms with van der Waals surface area (Å²) in [6, 6.07) is 0. The summed E-state index contributed by atoms with van der Waals surface area (Å²) in [7, 11) is 5.95. The molecule has 1 saturated heterocycles. The molecule has 0 radical (unpaired) electrons. The molecule has 0 atom stereocenters. The molecule has 0 unspecified atom stereocenters. The molecule has 1 N–H and O–H groups in total. The first-order chi connectivity index (χ1) is 8.09. The topological polar surface area (TPSA) is 38.8 Å². The zero-order chi connectivity index (χ0) is 12.7. The van der Waals surface area contributed by atoms with Crippen LogP contribution < -0.4 is 5.32 Å². The van der Waals surface area contributed by atoms with E-state index < -0.39 is 0 Å². The van der Waals surface area contributed by atoms with Crippen LogP contribution in [-0.4, -0.2) is 87.6 Å². The van der Waals surface area contributed by atoms with E-state index in [2.05, 4.69) is 15.1 Å². The van der Waals surface area contributed by atoms with E-state index in [0.717, 1.165) is 45.8 Å². The van der Waals surface area contributed by atoms with Crippen molar-refractivity contribution in [3.8, 4) is 0 Å².